The van der Waals surface area contributed by atoms with E-state index in [1.165, 1.54) is 22.8 Å². The lowest BCUT2D eigenvalue weighted by Crippen LogP contribution is -2.16. The number of aromatic amines is 1. The van der Waals surface area contributed by atoms with Crippen LogP contribution in [0.3, 0.4) is 0 Å². The van der Waals surface area contributed by atoms with Gasteiger partial charge in [-0.15, -0.1) is 0 Å². The minimum Gasteiger partial charge on any atom is -0.473 e. The van der Waals surface area contributed by atoms with Crippen LogP contribution in [-0.2, 0) is 13.2 Å². The fourth-order valence-corrected chi connectivity index (χ4v) is 3.68. The lowest BCUT2D eigenvalue weighted by atomic mass is 10.2. The van der Waals surface area contributed by atoms with Gasteiger partial charge in [-0.3, -0.25) is 14.7 Å². The first kappa shape index (κ1) is 21.9. The van der Waals surface area contributed by atoms with Crippen molar-refractivity contribution >= 4 is 16.7 Å². The summed E-state index contributed by atoms with van der Waals surface area (Å²) in [4.78, 5) is 30.7. The maximum atomic E-state index is 12.9. The third-order valence-electron chi connectivity index (χ3n) is 5.38. The molecule has 1 N–H and O–H groups in total. The molecule has 0 fully saturated rings. The minimum absolute atomic E-state index is 0.116. The molecule has 0 saturated heterocycles. The van der Waals surface area contributed by atoms with Crippen molar-refractivity contribution in [2.75, 3.05) is 0 Å². The quantitative estimate of drug-likeness (QED) is 0.259. The summed E-state index contributed by atoms with van der Waals surface area (Å²) in [6.07, 6.45) is 0. The van der Waals surface area contributed by atoms with Crippen molar-refractivity contribution in [2.45, 2.75) is 13.2 Å². The van der Waals surface area contributed by atoms with Crippen LogP contribution in [0.1, 0.15) is 11.1 Å². The number of aromatic nitrogens is 3. The van der Waals surface area contributed by atoms with E-state index in [1.807, 2.05) is 60.7 Å². The van der Waals surface area contributed by atoms with Crippen molar-refractivity contribution in [1.29, 1.82) is 0 Å². The van der Waals surface area contributed by atoms with Crippen LogP contribution in [0.2, 0.25) is 0 Å². The Morgan fingerprint density at radius 1 is 0.857 bits per heavy atom. The molecular weight excluding hydrogens is 448 g/mol. The molecule has 2 heterocycles. The molecule has 3 aromatic carbocycles. The molecule has 9 heteroatoms. The number of rotatable bonds is 8. The van der Waals surface area contributed by atoms with Crippen LogP contribution in [0.5, 0.6) is 11.8 Å². The zero-order valence-corrected chi connectivity index (χ0v) is 18.5. The number of nitro groups is 1. The number of imidazole rings is 1. The maximum Gasteiger partial charge on any atom is 0.331 e. The van der Waals surface area contributed by atoms with E-state index >= 15 is 0 Å². The Morgan fingerprint density at radius 3 is 2.17 bits per heavy atom. The molecule has 0 amide bonds. The first-order valence-electron chi connectivity index (χ1n) is 10.8. The van der Waals surface area contributed by atoms with Crippen LogP contribution in [-0.4, -0.2) is 19.5 Å². The van der Waals surface area contributed by atoms with Crippen LogP contribution < -0.4 is 15.2 Å². The summed E-state index contributed by atoms with van der Waals surface area (Å²) < 4.78 is 13.3. The summed E-state index contributed by atoms with van der Waals surface area (Å²) in [6.45, 7) is 0.549. The van der Waals surface area contributed by atoms with Crippen LogP contribution in [0.4, 0.5) is 5.69 Å². The average molecular weight is 468 g/mol. The number of H-pyrrole nitrogens is 1. The minimum atomic E-state index is -0.510. The molecular formula is C26H20N4O5. The van der Waals surface area contributed by atoms with Crippen LogP contribution in [0, 0.1) is 10.1 Å². The third-order valence-corrected chi connectivity index (χ3v) is 5.38. The van der Waals surface area contributed by atoms with Crippen LogP contribution in [0.15, 0.2) is 95.8 Å². The molecule has 2 aromatic heterocycles. The number of nitro benzene ring substituents is 1. The number of pyridine rings is 1. The molecule has 0 radical (unpaired) electrons. The smallest absolute Gasteiger partial charge is 0.331 e. The molecule has 174 valence electrons. The largest absolute Gasteiger partial charge is 0.473 e. The van der Waals surface area contributed by atoms with Gasteiger partial charge in [0.25, 0.3) is 5.69 Å². The van der Waals surface area contributed by atoms with E-state index < -0.39 is 10.6 Å². The zero-order valence-electron chi connectivity index (χ0n) is 18.5. The Kier molecular flexibility index (Phi) is 5.96. The van der Waals surface area contributed by atoms with Gasteiger partial charge in [0.1, 0.15) is 18.9 Å². The highest BCUT2D eigenvalue weighted by Gasteiger charge is 2.18. The summed E-state index contributed by atoms with van der Waals surface area (Å²) >= 11 is 0. The first-order valence-corrected chi connectivity index (χ1v) is 10.8. The average Bonchev–Trinajstić information content (AvgIpc) is 3.22. The summed E-state index contributed by atoms with van der Waals surface area (Å²) in [7, 11) is 0. The van der Waals surface area contributed by atoms with Gasteiger partial charge >= 0.3 is 5.69 Å². The lowest BCUT2D eigenvalue weighted by Gasteiger charge is -2.14. The SMILES string of the molecule is O=c1[nH]c2cc([N+](=O)[O-])ccc2n1-c1ccc(OCc2ccccc2)nc1OCc1ccccc1. The highest BCUT2D eigenvalue weighted by molar-refractivity contribution is 5.80. The van der Waals surface area contributed by atoms with Crippen molar-refractivity contribution in [3.8, 4) is 17.4 Å². The highest BCUT2D eigenvalue weighted by Crippen LogP contribution is 2.28. The van der Waals surface area contributed by atoms with Crippen molar-refractivity contribution in [3.05, 3.63) is 123 Å². The topological polar surface area (TPSA) is 112 Å². The molecule has 5 rings (SSSR count). The molecule has 0 saturated carbocycles. The summed E-state index contributed by atoms with van der Waals surface area (Å²) in [6, 6.07) is 26.8. The van der Waals surface area contributed by atoms with E-state index in [-0.39, 0.29) is 18.2 Å². The van der Waals surface area contributed by atoms with Gasteiger partial charge in [0, 0.05) is 18.2 Å². The summed E-state index contributed by atoms with van der Waals surface area (Å²) in [5.74, 6) is 0.532. The molecule has 0 aliphatic rings. The Balaban J connectivity index is 1.53. The monoisotopic (exact) mass is 468 g/mol. The van der Waals surface area contributed by atoms with Gasteiger partial charge < -0.3 is 14.5 Å². The van der Waals surface area contributed by atoms with Gasteiger partial charge in [-0.2, -0.15) is 4.98 Å². The fraction of sp³-hybridized carbons (Fsp3) is 0.0769. The van der Waals surface area contributed by atoms with Crippen LogP contribution >= 0.6 is 0 Å². The number of nitrogens with one attached hydrogen (secondary N) is 1. The highest BCUT2D eigenvalue weighted by atomic mass is 16.6. The molecule has 5 aromatic rings. The van der Waals surface area contributed by atoms with Crippen molar-refractivity contribution in [3.63, 3.8) is 0 Å². The van der Waals surface area contributed by atoms with E-state index in [9.17, 15) is 14.9 Å². The standard InChI is InChI=1S/C26H20N4O5/c31-26-27-21-15-20(30(32)33)11-12-22(21)29(26)23-13-14-24(34-16-18-7-3-1-4-8-18)28-25(23)35-17-19-9-5-2-6-10-19/h1-15H,16-17H2,(H,27,31). The third kappa shape index (κ3) is 4.74. The molecule has 0 aliphatic carbocycles. The summed E-state index contributed by atoms with van der Waals surface area (Å²) in [5, 5.41) is 11.1. The van der Waals surface area contributed by atoms with Gasteiger partial charge in [0.05, 0.1) is 16.0 Å². The zero-order chi connectivity index (χ0) is 24.2. The van der Waals surface area contributed by atoms with Crippen molar-refractivity contribution in [2.24, 2.45) is 0 Å². The molecule has 0 aliphatic heterocycles. The normalized spacial score (nSPS) is 10.9. The Bertz CT molecular complexity index is 1550. The Labute approximate surface area is 199 Å². The maximum absolute atomic E-state index is 12.9. The Hall–Kier alpha value is -4.92. The van der Waals surface area contributed by atoms with Crippen LogP contribution in [0.25, 0.3) is 16.7 Å². The van der Waals surface area contributed by atoms with Crippen molar-refractivity contribution < 1.29 is 14.4 Å². The first-order chi connectivity index (χ1) is 17.1. The molecule has 0 bridgehead atoms. The summed E-state index contributed by atoms with van der Waals surface area (Å²) in [5.41, 5.74) is 2.52. The molecule has 0 spiro atoms. The van der Waals surface area contributed by atoms with E-state index in [0.29, 0.717) is 29.2 Å². The van der Waals surface area contributed by atoms with E-state index in [2.05, 4.69) is 9.97 Å². The van der Waals surface area contributed by atoms with Gasteiger partial charge in [-0.1, -0.05) is 60.7 Å². The van der Waals surface area contributed by atoms with E-state index in [4.69, 9.17) is 9.47 Å². The van der Waals surface area contributed by atoms with Gasteiger partial charge in [0.2, 0.25) is 11.8 Å². The number of fused-ring (bicyclic) bond motifs is 1. The number of ether oxygens (including phenoxy) is 2. The molecule has 35 heavy (non-hydrogen) atoms. The lowest BCUT2D eigenvalue weighted by molar-refractivity contribution is -0.384. The number of non-ortho nitro benzene ring substituents is 1. The van der Waals surface area contributed by atoms with Gasteiger partial charge in [-0.25, -0.2) is 4.79 Å². The van der Waals surface area contributed by atoms with E-state index in [0.717, 1.165) is 11.1 Å². The van der Waals surface area contributed by atoms with Crippen molar-refractivity contribution in [1.82, 2.24) is 14.5 Å². The molecule has 0 atom stereocenters. The number of nitrogens with zero attached hydrogens (tertiary/aromatic N) is 3. The van der Waals surface area contributed by atoms with Gasteiger partial charge in [-0.05, 0) is 23.3 Å². The number of benzene rings is 3. The number of hydrogen-bond donors (Lipinski definition) is 1. The second kappa shape index (κ2) is 9.52. The predicted octanol–water partition coefficient (Wildman–Crippen LogP) is 4.78. The second-order valence-electron chi connectivity index (χ2n) is 7.75. The second-order valence-corrected chi connectivity index (χ2v) is 7.75. The van der Waals surface area contributed by atoms with E-state index in [1.54, 1.807) is 12.1 Å². The molecule has 0 unspecified atom stereocenters. The Morgan fingerprint density at radius 2 is 1.51 bits per heavy atom. The fourth-order valence-electron chi connectivity index (χ4n) is 3.68. The van der Waals surface area contributed by atoms with Gasteiger partial charge in [0.15, 0.2) is 0 Å². The molecule has 9 nitrogen and oxygen atoms in total. The number of hydrogen-bond acceptors (Lipinski definition) is 6. The predicted molar refractivity (Wildman–Crippen MR) is 130 cm³/mol.